The van der Waals surface area contributed by atoms with Crippen molar-refractivity contribution in [3.05, 3.63) is 29.8 Å². The van der Waals surface area contributed by atoms with Crippen molar-refractivity contribution in [1.29, 1.82) is 0 Å². The molecule has 24 heavy (non-hydrogen) atoms. The molecule has 0 bridgehead atoms. The van der Waals surface area contributed by atoms with Crippen molar-refractivity contribution in [1.82, 2.24) is 9.62 Å². The summed E-state index contributed by atoms with van der Waals surface area (Å²) in [5, 5.41) is 2.91. The summed E-state index contributed by atoms with van der Waals surface area (Å²) in [5.41, 5.74) is 0.635. The maximum absolute atomic E-state index is 12.9. The second-order valence-electron chi connectivity index (χ2n) is 6.32. The van der Waals surface area contributed by atoms with E-state index in [9.17, 15) is 13.2 Å². The molecule has 1 saturated heterocycles. The highest BCUT2D eigenvalue weighted by molar-refractivity contribution is 7.89. The summed E-state index contributed by atoms with van der Waals surface area (Å²) in [6.45, 7) is 1.81. The zero-order chi connectivity index (χ0) is 17.0. The second-order valence-corrected chi connectivity index (χ2v) is 8.23. The van der Waals surface area contributed by atoms with Gasteiger partial charge >= 0.3 is 0 Å². The van der Waals surface area contributed by atoms with E-state index in [4.69, 9.17) is 4.74 Å². The molecule has 1 amide bonds. The summed E-state index contributed by atoms with van der Waals surface area (Å²) in [5.74, 6) is 0.110. The fourth-order valence-electron chi connectivity index (χ4n) is 3.34. The Labute approximate surface area is 143 Å². The molecule has 3 rings (SSSR count). The minimum atomic E-state index is -3.56. The zero-order valence-corrected chi connectivity index (χ0v) is 14.6. The third-order valence-electron chi connectivity index (χ3n) is 4.74. The number of benzene rings is 1. The van der Waals surface area contributed by atoms with Crippen molar-refractivity contribution in [2.24, 2.45) is 5.92 Å². The normalized spacial score (nSPS) is 20.2. The van der Waals surface area contributed by atoms with Gasteiger partial charge in [-0.25, -0.2) is 8.42 Å². The Morgan fingerprint density at radius 1 is 1.17 bits per heavy atom. The lowest BCUT2D eigenvalue weighted by atomic mass is 10.1. The second kappa shape index (κ2) is 7.63. The van der Waals surface area contributed by atoms with Crippen LogP contribution in [0.2, 0.25) is 0 Å². The molecule has 1 aromatic rings. The molecule has 0 radical (unpaired) electrons. The average molecular weight is 352 g/mol. The summed E-state index contributed by atoms with van der Waals surface area (Å²) in [6, 6.07) is 6.90. The van der Waals surface area contributed by atoms with Gasteiger partial charge in [0.05, 0.1) is 18.1 Å². The summed E-state index contributed by atoms with van der Waals surface area (Å²) in [6.07, 6.45) is 4.05. The number of rotatable bonds is 5. The summed E-state index contributed by atoms with van der Waals surface area (Å²) in [4.78, 5) is 12.5. The Kier molecular flexibility index (Phi) is 5.53. The molecule has 0 atom stereocenters. The zero-order valence-electron chi connectivity index (χ0n) is 13.7. The number of nitrogens with zero attached hydrogens (tertiary/aromatic N) is 1. The SMILES string of the molecule is O=C(NCc1ccccc1S(=O)(=O)N1CCOCC1)C1CCCC1. The van der Waals surface area contributed by atoms with Crippen LogP contribution >= 0.6 is 0 Å². The molecular formula is C17H24N2O4S. The first-order chi connectivity index (χ1) is 11.6. The van der Waals surface area contributed by atoms with Gasteiger partial charge in [-0.05, 0) is 24.5 Å². The van der Waals surface area contributed by atoms with E-state index in [-0.39, 0.29) is 23.3 Å². The highest BCUT2D eigenvalue weighted by Crippen LogP contribution is 2.25. The van der Waals surface area contributed by atoms with Crippen molar-refractivity contribution in [2.75, 3.05) is 26.3 Å². The van der Waals surface area contributed by atoms with Crippen LogP contribution in [0.1, 0.15) is 31.2 Å². The predicted octanol–water partition coefficient (Wildman–Crippen LogP) is 1.51. The highest BCUT2D eigenvalue weighted by atomic mass is 32.2. The van der Waals surface area contributed by atoms with Crippen LogP contribution in [0, 0.1) is 5.92 Å². The lowest BCUT2D eigenvalue weighted by molar-refractivity contribution is -0.124. The molecule has 1 N–H and O–H groups in total. The van der Waals surface area contributed by atoms with Crippen molar-refractivity contribution >= 4 is 15.9 Å². The number of carbonyl (C=O) groups excluding carboxylic acids is 1. The molecule has 1 heterocycles. The minimum absolute atomic E-state index is 0.0334. The first kappa shape index (κ1) is 17.4. The summed E-state index contributed by atoms with van der Waals surface area (Å²) < 4.78 is 32.4. The van der Waals surface area contributed by atoms with E-state index in [0.29, 0.717) is 31.9 Å². The standard InChI is InChI=1S/C17H24N2O4S/c20-17(14-5-1-2-6-14)18-13-15-7-3-4-8-16(15)24(21,22)19-9-11-23-12-10-19/h3-4,7-8,14H,1-2,5-6,9-13H2,(H,18,20). The molecule has 1 aliphatic heterocycles. The third kappa shape index (κ3) is 3.79. The molecule has 2 aliphatic rings. The Morgan fingerprint density at radius 3 is 2.54 bits per heavy atom. The number of amides is 1. The Hall–Kier alpha value is -1.44. The largest absolute Gasteiger partial charge is 0.379 e. The molecule has 1 saturated carbocycles. The van der Waals surface area contributed by atoms with Gasteiger partial charge in [0.15, 0.2) is 0 Å². The number of nitrogens with one attached hydrogen (secondary N) is 1. The maximum atomic E-state index is 12.9. The molecule has 1 aromatic carbocycles. The van der Waals surface area contributed by atoms with E-state index in [1.54, 1.807) is 24.3 Å². The fourth-order valence-corrected chi connectivity index (χ4v) is 4.97. The van der Waals surface area contributed by atoms with Crippen LogP contribution in [-0.4, -0.2) is 44.9 Å². The molecule has 1 aliphatic carbocycles. The van der Waals surface area contributed by atoms with Crippen LogP contribution in [0.5, 0.6) is 0 Å². The molecule has 6 nitrogen and oxygen atoms in total. The lowest BCUT2D eigenvalue weighted by Crippen LogP contribution is -2.41. The van der Waals surface area contributed by atoms with Gasteiger partial charge in [-0.1, -0.05) is 31.0 Å². The number of hydrogen-bond acceptors (Lipinski definition) is 4. The highest BCUT2D eigenvalue weighted by Gasteiger charge is 2.29. The molecule has 0 unspecified atom stereocenters. The van der Waals surface area contributed by atoms with Crippen LogP contribution in [0.4, 0.5) is 0 Å². The van der Waals surface area contributed by atoms with Gasteiger partial charge in [-0.3, -0.25) is 4.79 Å². The number of hydrogen-bond donors (Lipinski definition) is 1. The fraction of sp³-hybridized carbons (Fsp3) is 0.588. The van der Waals surface area contributed by atoms with E-state index >= 15 is 0 Å². The van der Waals surface area contributed by atoms with Crippen LogP contribution in [0.3, 0.4) is 0 Å². The van der Waals surface area contributed by atoms with Crippen molar-refractivity contribution in [3.63, 3.8) is 0 Å². The molecule has 2 fully saturated rings. The van der Waals surface area contributed by atoms with Crippen molar-refractivity contribution in [2.45, 2.75) is 37.1 Å². The van der Waals surface area contributed by atoms with E-state index in [1.807, 2.05) is 0 Å². The topological polar surface area (TPSA) is 75.7 Å². The summed E-state index contributed by atoms with van der Waals surface area (Å²) >= 11 is 0. The average Bonchev–Trinajstić information content (AvgIpc) is 3.15. The molecular weight excluding hydrogens is 328 g/mol. The first-order valence-electron chi connectivity index (χ1n) is 8.52. The van der Waals surface area contributed by atoms with Crippen molar-refractivity contribution < 1.29 is 17.9 Å². The number of morpholine rings is 1. The Bertz CT molecular complexity index is 678. The number of ether oxygens (including phenoxy) is 1. The predicted molar refractivity (Wildman–Crippen MR) is 89.8 cm³/mol. The molecule has 0 aromatic heterocycles. The third-order valence-corrected chi connectivity index (χ3v) is 6.74. The van der Waals surface area contributed by atoms with Crippen molar-refractivity contribution in [3.8, 4) is 0 Å². The monoisotopic (exact) mass is 352 g/mol. The quantitative estimate of drug-likeness (QED) is 0.872. The van der Waals surface area contributed by atoms with Crippen LogP contribution in [-0.2, 0) is 26.1 Å². The summed E-state index contributed by atoms with van der Waals surface area (Å²) in [7, 11) is -3.56. The van der Waals surface area contributed by atoms with E-state index in [0.717, 1.165) is 25.7 Å². The van der Waals surface area contributed by atoms with Gasteiger partial charge in [-0.2, -0.15) is 4.31 Å². The Balaban J connectivity index is 1.73. The van der Waals surface area contributed by atoms with E-state index in [2.05, 4.69) is 5.32 Å². The Morgan fingerprint density at radius 2 is 1.83 bits per heavy atom. The van der Waals surface area contributed by atoms with E-state index < -0.39 is 10.0 Å². The smallest absolute Gasteiger partial charge is 0.243 e. The molecule has 132 valence electrons. The van der Waals surface area contributed by atoms with Gasteiger partial charge in [0, 0.05) is 25.6 Å². The lowest BCUT2D eigenvalue weighted by Gasteiger charge is -2.27. The number of carbonyl (C=O) groups is 1. The van der Waals surface area contributed by atoms with Crippen LogP contribution in [0.15, 0.2) is 29.2 Å². The van der Waals surface area contributed by atoms with E-state index in [1.165, 1.54) is 4.31 Å². The van der Waals surface area contributed by atoms with Gasteiger partial charge in [0.2, 0.25) is 15.9 Å². The van der Waals surface area contributed by atoms with Gasteiger partial charge < -0.3 is 10.1 Å². The van der Waals surface area contributed by atoms with Gasteiger partial charge in [0.25, 0.3) is 0 Å². The van der Waals surface area contributed by atoms with Crippen LogP contribution in [0.25, 0.3) is 0 Å². The molecule has 7 heteroatoms. The maximum Gasteiger partial charge on any atom is 0.243 e. The van der Waals surface area contributed by atoms with Crippen LogP contribution < -0.4 is 5.32 Å². The number of sulfonamides is 1. The van der Waals surface area contributed by atoms with Gasteiger partial charge in [0.1, 0.15) is 0 Å². The molecule has 0 spiro atoms. The minimum Gasteiger partial charge on any atom is -0.379 e. The van der Waals surface area contributed by atoms with Gasteiger partial charge in [-0.15, -0.1) is 0 Å². The first-order valence-corrected chi connectivity index (χ1v) is 9.96.